The van der Waals surface area contributed by atoms with E-state index in [1.54, 1.807) is 36.7 Å². The molecule has 2 aromatic heterocycles. The van der Waals surface area contributed by atoms with E-state index in [9.17, 15) is 14.0 Å². The average molecular weight is 679 g/mol. The first kappa shape index (κ1) is 32.7. The highest BCUT2D eigenvalue weighted by atomic mass is 19.1. The summed E-state index contributed by atoms with van der Waals surface area (Å²) in [5.74, 6) is -0.0864. The number of pyridine rings is 2. The van der Waals surface area contributed by atoms with Crippen molar-refractivity contribution in [3.8, 4) is 40.5 Å². The highest BCUT2D eigenvalue weighted by Gasteiger charge is 2.28. The van der Waals surface area contributed by atoms with Gasteiger partial charge in [-0.15, -0.1) is 0 Å². The molecule has 0 unspecified atom stereocenters. The van der Waals surface area contributed by atoms with Crippen molar-refractivity contribution in [3.05, 3.63) is 112 Å². The summed E-state index contributed by atoms with van der Waals surface area (Å²) >= 11 is 0. The van der Waals surface area contributed by atoms with Gasteiger partial charge in [0.05, 0.1) is 37.8 Å². The summed E-state index contributed by atoms with van der Waals surface area (Å²) in [4.78, 5) is 33.7. The molecule has 0 radical (unpaired) electrons. The molecule has 0 saturated carbocycles. The van der Waals surface area contributed by atoms with E-state index in [1.165, 1.54) is 48.1 Å². The molecule has 7 rings (SSSR count). The van der Waals surface area contributed by atoms with Gasteiger partial charge in [0.1, 0.15) is 22.9 Å². The van der Waals surface area contributed by atoms with E-state index in [-0.39, 0.29) is 29.4 Å². The van der Waals surface area contributed by atoms with Crippen molar-refractivity contribution in [1.82, 2.24) is 14.5 Å². The highest BCUT2D eigenvalue weighted by molar-refractivity contribution is 6.00. The predicted octanol–water partition coefficient (Wildman–Crippen LogP) is 6.05. The fourth-order valence-electron chi connectivity index (χ4n) is 6.22. The number of nitriles is 1. The normalized spacial score (nSPS) is 14.0. The second-order valence-electron chi connectivity index (χ2n) is 12.2. The number of hydrogen-bond donors (Lipinski definition) is 0. The van der Waals surface area contributed by atoms with Crippen LogP contribution in [-0.2, 0) is 12.8 Å². The molecule has 12 heteroatoms. The van der Waals surface area contributed by atoms with Gasteiger partial charge in [0.2, 0.25) is 0 Å². The van der Waals surface area contributed by atoms with Gasteiger partial charge in [0.15, 0.2) is 28.8 Å². The third-order valence-electron chi connectivity index (χ3n) is 8.82. The van der Waals surface area contributed by atoms with Gasteiger partial charge >= 0.3 is 0 Å². The summed E-state index contributed by atoms with van der Waals surface area (Å²) in [6.45, 7) is 3.18. The molecule has 1 fully saturated rings. The van der Waals surface area contributed by atoms with Gasteiger partial charge in [-0.05, 0) is 60.5 Å². The molecule has 0 bridgehead atoms. The number of ether oxygens (including phenoxy) is 4. The van der Waals surface area contributed by atoms with E-state index < -0.39 is 23.0 Å². The maximum atomic E-state index is 15.5. The molecule has 1 saturated heterocycles. The number of aromatic nitrogens is 2. The molecule has 0 spiro atoms. The van der Waals surface area contributed by atoms with Crippen molar-refractivity contribution in [1.29, 1.82) is 5.26 Å². The number of benzene rings is 3. The van der Waals surface area contributed by atoms with E-state index >= 15 is 4.39 Å². The number of Topliss-reactive ketones (excluding diaryl/α,β-unsaturated/α-hetero) is 1. The lowest BCUT2D eigenvalue weighted by atomic mass is 10.0. The van der Waals surface area contributed by atoms with Crippen LogP contribution < -0.4 is 24.5 Å². The lowest BCUT2D eigenvalue weighted by Crippen LogP contribution is -2.46. The van der Waals surface area contributed by atoms with Crippen molar-refractivity contribution in [2.24, 2.45) is 5.92 Å². The first-order chi connectivity index (χ1) is 24.3. The second kappa shape index (κ2) is 14.0. The Bertz CT molecular complexity index is 2190. The third-order valence-corrected chi connectivity index (χ3v) is 8.82. The largest absolute Gasteiger partial charge is 0.493 e. The summed E-state index contributed by atoms with van der Waals surface area (Å²) in [5.41, 5.74) is 1.26. The van der Waals surface area contributed by atoms with Crippen molar-refractivity contribution in [2.45, 2.75) is 19.3 Å². The first-order valence-electron chi connectivity index (χ1n) is 16.2. The van der Waals surface area contributed by atoms with E-state index in [0.717, 1.165) is 26.1 Å². The fraction of sp³-hybridized carbons (Fsp3) is 0.263. The van der Waals surface area contributed by atoms with Crippen LogP contribution in [0.4, 0.5) is 8.78 Å². The summed E-state index contributed by atoms with van der Waals surface area (Å²) in [5, 5.41) is 9.53. The van der Waals surface area contributed by atoms with Crippen LogP contribution >= 0.6 is 0 Å². The maximum absolute atomic E-state index is 15.5. The van der Waals surface area contributed by atoms with Gasteiger partial charge in [-0.2, -0.15) is 5.26 Å². The molecule has 5 aromatic rings. The summed E-state index contributed by atoms with van der Waals surface area (Å²) < 4.78 is 53.6. The lowest BCUT2D eigenvalue weighted by Gasteiger charge is -2.35. The first-order valence-corrected chi connectivity index (χ1v) is 16.2. The molecular weight excluding hydrogens is 646 g/mol. The Balaban J connectivity index is 1.07. The van der Waals surface area contributed by atoms with E-state index in [2.05, 4.69) is 16.0 Å². The Kier molecular flexibility index (Phi) is 9.15. The molecule has 3 aromatic carbocycles. The third kappa shape index (κ3) is 6.60. The van der Waals surface area contributed by atoms with Gasteiger partial charge in [-0.1, -0.05) is 6.07 Å². The average Bonchev–Trinajstić information content (AvgIpc) is 3.56. The minimum Gasteiger partial charge on any atom is -0.493 e. The van der Waals surface area contributed by atoms with Crippen LogP contribution in [0.5, 0.6) is 28.7 Å². The van der Waals surface area contributed by atoms with Crippen LogP contribution in [0.2, 0.25) is 0 Å². The number of rotatable bonds is 12. The monoisotopic (exact) mass is 678 g/mol. The standard InChI is InChI=1S/C38H32F2N4O6/c1-47-34-17-28-30(18-35(34)48-13-2-12-43-20-24(19-41)21-43)42-11-9-32(28)50-33-8-3-23(15-29(33)40)16-31(45)36-37-25(10-14-49-37)22-44(38(36)46)27-6-4-26(39)5-7-27/h3-9,11,15,17-18,22,24H,2,10,12-14,16,20-21H2,1H3. The minimum atomic E-state index is -0.700. The summed E-state index contributed by atoms with van der Waals surface area (Å²) in [6.07, 6.45) is 4.19. The number of likely N-dealkylation sites (tertiary alicyclic amines) is 1. The number of nitrogens with zero attached hydrogens (tertiary/aromatic N) is 4. The quantitative estimate of drug-likeness (QED) is 0.115. The zero-order valence-electron chi connectivity index (χ0n) is 27.2. The van der Waals surface area contributed by atoms with Crippen LogP contribution in [0.1, 0.15) is 27.9 Å². The lowest BCUT2D eigenvalue weighted by molar-refractivity contribution is 0.0988. The zero-order valence-corrected chi connectivity index (χ0v) is 27.2. The van der Waals surface area contributed by atoms with Gasteiger partial charge in [0.25, 0.3) is 5.56 Å². The molecule has 4 heterocycles. The zero-order chi connectivity index (χ0) is 34.8. The second-order valence-corrected chi connectivity index (χ2v) is 12.2. The van der Waals surface area contributed by atoms with E-state index in [4.69, 9.17) is 24.2 Å². The Morgan fingerprint density at radius 2 is 1.86 bits per heavy atom. The number of halogens is 2. The van der Waals surface area contributed by atoms with Crippen molar-refractivity contribution in [2.75, 3.05) is 40.0 Å². The van der Waals surface area contributed by atoms with E-state index in [1.807, 2.05) is 0 Å². The van der Waals surface area contributed by atoms with Crippen LogP contribution in [0, 0.1) is 28.9 Å². The predicted molar refractivity (Wildman–Crippen MR) is 180 cm³/mol. The molecule has 0 atom stereocenters. The van der Waals surface area contributed by atoms with Crippen LogP contribution in [-0.4, -0.2) is 60.2 Å². The van der Waals surface area contributed by atoms with Gasteiger partial charge in [-0.25, -0.2) is 8.78 Å². The number of ketones is 1. The van der Waals surface area contributed by atoms with Crippen LogP contribution in [0.25, 0.3) is 16.6 Å². The van der Waals surface area contributed by atoms with Crippen molar-refractivity contribution < 1.29 is 32.5 Å². The fourth-order valence-corrected chi connectivity index (χ4v) is 6.22. The molecule has 0 N–H and O–H groups in total. The molecule has 254 valence electrons. The summed E-state index contributed by atoms with van der Waals surface area (Å²) in [7, 11) is 1.53. The van der Waals surface area contributed by atoms with Gasteiger partial charge in [0, 0.05) is 67.6 Å². The van der Waals surface area contributed by atoms with Gasteiger partial charge in [-0.3, -0.25) is 19.1 Å². The highest BCUT2D eigenvalue weighted by Crippen LogP contribution is 2.38. The maximum Gasteiger partial charge on any atom is 0.269 e. The van der Waals surface area contributed by atoms with Crippen LogP contribution in [0.15, 0.2) is 77.9 Å². The Morgan fingerprint density at radius 3 is 2.62 bits per heavy atom. The van der Waals surface area contributed by atoms with E-state index in [0.29, 0.717) is 64.6 Å². The molecule has 2 aliphatic heterocycles. The van der Waals surface area contributed by atoms with Crippen molar-refractivity contribution in [3.63, 3.8) is 0 Å². The Hall–Kier alpha value is -5.80. The Labute approximate surface area is 286 Å². The minimum absolute atomic E-state index is 0.0692. The number of methoxy groups -OCH3 is 1. The molecule has 50 heavy (non-hydrogen) atoms. The summed E-state index contributed by atoms with van der Waals surface area (Å²) in [6, 6.07) is 16.9. The molecule has 10 nitrogen and oxygen atoms in total. The topological polar surface area (TPSA) is 116 Å². The van der Waals surface area contributed by atoms with Gasteiger partial charge < -0.3 is 23.8 Å². The number of fused-ring (bicyclic) bond motifs is 2. The SMILES string of the molecule is COc1cc2c(Oc3ccc(CC(=O)c4c5c(cn(-c6ccc(F)cc6)c4=O)CCO5)cc3F)ccnc2cc1OCCCN1CC(C#N)C1. The van der Waals surface area contributed by atoms with Crippen molar-refractivity contribution >= 4 is 16.7 Å². The molecular formula is C38H32F2N4O6. The molecule has 0 amide bonds. The Morgan fingerprint density at radius 1 is 1.04 bits per heavy atom. The number of carbonyl (C=O) groups is 1. The molecule has 2 aliphatic rings. The molecule has 0 aliphatic carbocycles. The smallest absolute Gasteiger partial charge is 0.269 e. The number of hydrogen-bond acceptors (Lipinski definition) is 9. The van der Waals surface area contributed by atoms with Crippen LogP contribution in [0.3, 0.4) is 0 Å². The number of carbonyl (C=O) groups excluding carboxylic acids is 1.